The van der Waals surface area contributed by atoms with Crippen molar-refractivity contribution in [1.29, 1.82) is 0 Å². The van der Waals surface area contributed by atoms with Gasteiger partial charge in [0.1, 0.15) is 12.1 Å². The number of nitrogens with zero attached hydrogens (tertiary/aromatic N) is 1. The zero-order valence-corrected chi connectivity index (χ0v) is 9.71. The molecule has 0 radical (unpaired) electrons. The second-order valence-electron chi connectivity index (χ2n) is 4.36. The quantitative estimate of drug-likeness (QED) is 0.507. The molecule has 0 aromatic rings. The van der Waals surface area contributed by atoms with Crippen LogP contribution in [0.1, 0.15) is 12.8 Å². The molecule has 7 nitrogen and oxygen atoms in total. The Morgan fingerprint density at radius 1 is 1.53 bits per heavy atom. The van der Waals surface area contributed by atoms with Crippen LogP contribution in [0.25, 0.3) is 0 Å². The summed E-state index contributed by atoms with van der Waals surface area (Å²) in [7, 11) is 1.47. The minimum absolute atomic E-state index is 0.219. The molecule has 4 amide bonds. The van der Waals surface area contributed by atoms with Gasteiger partial charge in [-0.1, -0.05) is 0 Å². The van der Waals surface area contributed by atoms with Gasteiger partial charge in [0.05, 0.1) is 0 Å². The summed E-state index contributed by atoms with van der Waals surface area (Å²) in [5.41, 5.74) is -0.844. The normalized spacial score (nSPS) is 28.4. The van der Waals surface area contributed by atoms with Crippen molar-refractivity contribution in [3.63, 3.8) is 0 Å². The number of imide groups is 1. The van der Waals surface area contributed by atoms with E-state index in [4.69, 9.17) is 0 Å². The molecule has 0 saturated carbocycles. The second kappa shape index (κ2) is 4.33. The number of hydrogen-bond donors (Lipinski definition) is 3. The maximum atomic E-state index is 12.2. The minimum atomic E-state index is -0.844. The zero-order chi connectivity index (χ0) is 12.5. The molecular weight excluding hydrogens is 224 g/mol. The Morgan fingerprint density at radius 2 is 2.29 bits per heavy atom. The van der Waals surface area contributed by atoms with E-state index in [0.29, 0.717) is 13.0 Å². The summed E-state index contributed by atoms with van der Waals surface area (Å²) in [6, 6.07) is -0.484. The van der Waals surface area contributed by atoms with Crippen molar-refractivity contribution in [3.05, 3.63) is 0 Å². The lowest BCUT2D eigenvalue weighted by Crippen LogP contribution is -2.57. The van der Waals surface area contributed by atoms with Crippen LogP contribution in [-0.2, 0) is 9.59 Å². The van der Waals surface area contributed by atoms with Crippen molar-refractivity contribution in [2.24, 2.45) is 0 Å². The average Bonchev–Trinajstić information content (AvgIpc) is 2.55. The molecular formula is C10H16N4O3. The Balaban J connectivity index is 2.13. The third-order valence-electron chi connectivity index (χ3n) is 3.21. The summed E-state index contributed by atoms with van der Waals surface area (Å²) < 4.78 is 0. The lowest BCUT2D eigenvalue weighted by molar-refractivity contribution is -0.135. The van der Waals surface area contributed by atoms with Gasteiger partial charge in [0.15, 0.2) is 0 Å². The first-order chi connectivity index (χ1) is 8.09. The first-order valence-electron chi connectivity index (χ1n) is 5.64. The lowest BCUT2D eigenvalue weighted by Gasteiger charge is -2.31. The highest BCUT2D eigenvalue weighted by molar-refractivity contribution is 6.09. The van der Waals surface area contributed by atoms with Crippen LogP contribution in [0.4, 0.5) is 4.79 Å². The maximum absolute atomic E-state index is 12.2. The number of carbonyl (C=O) groups is 3. The second-order valence-corrected chi connectivity index (χ2v) is 4.36. The van der Waals surface area contributed by atoms with Crippen molar-refractivity contribution in [2.45, 2.75) is 18.4 Å². The lowest BCUT2D eigenvalue weighted by atomic mass is 9.90. The molecule has 0 aromatic carbocycles. The summed E-state index contributed by atoms with van der Waals surface area (Å²) in [5.74, 6) is -0.660. The summed E-state index contributed by atoms with van der Waals surface area (Å²) in [5, 5.41) is 8.18. The van der Waals surface area contributed by atoms with Gasteiger partial charge in [0.25, 0.3) is 5.91 Å². The van der Waals surface area contributed by atoms with Crippen LogP contribution in [0.5, 0.6) is 0 Å². The van der Waals surface area contributed by atoms with Gasteiger partial charge in [0.2, 0.25) is 5.91 Å². The van der Waals surface area contributed by atoms with Crippen molar-refractivity contribution < 1.29 is 14.4 Å². The van der Waals surface area contributed by atoms with Gasteiger partial charge in [-0.3, -0.25) is 14.5 Å². The topological polar surface area (TPSA) is 90.5 Å². The van der Waals surface area contributed by atoms with Crippen LogP contribution >= 0.6 is 0 Å². The van der Waals surface area contributed by atoms with E-state index in [1.165, 1.54) is 7.05 Å². The van der Waals surface area contributed by atoms with Crippen molar-refractivity contribution in [3.8, 4) is 0 Å². The van der Waals surface area contributed by atoms with E-state index in [2.05, 4.69) is 16.0 Å². The van der Waals surface area contributed by atoms with Crippen molar-refractivity contribution >= 4 is 17.8 Å². The number of likely N-dealkylation sites (N-methyl/N-ethyl adjacent to an activating group) is 1. The van der Waals surface area contributed by atoms with Crippen LogP contribution in [0, 0.1) is 0 Å². The van der Waals surface area contributed by atoms with Crippen LogP contribution in [0.15, 0.2) is 0 Å². The van der Waals surface area contributed by atoms with Crippen LogP contribution in [-0.4, -0.2) is 55.0 Å². The number of rotatable bonds is 2. The van der Waals surface area contributed by atoms with Gasteiger partial charge in [0, 0.05) is 13.6 Å². The molecule has 17 heavy (non-hydrogen) atoms. The molecule has 2 aliphatic rings. The zero-order valence-electron chi connectivity index (χ0n) is 9.71. The summed E-state index contributed by atoms with van der Waals surface area (Å²) in [4.78, 5) is 36.1. The first kappa shape index (κ1) is 11.8. The Hall–Kier alpha value is -1.63. The Morgan fingerprint density at radius 3 is 2.88 bits per heavy atom. The molecule has 2 fully saturated rings. The standard InChI is InChI=1S/C10H16N4O3/c1-11-7(15)5-14-8(16)10(13-9(14)17)3-2-4-12-6-10/h12H,2-6H2,1H3,(H,11,15)(H,13,17). The van der Waals surface area contributed by atoms with Crippen LogP contribution in [0.3, 0.4) is 0 Å². The van der Waals surface area contributed by atoms with E-state index < -0.39 is 11.6 Å². The smallest absolute Gasteiger partial charge is 0.325 e. The summed E-state index contributed by atoms with van der Waals surface area (Å²) in [6.07, 6.45) is 1.45. The fourth-order valence-corrected chi connectivity index (χ4v) is 2.24. The molecule has 3 N–H and O–H groups in total. The SMILES string of the molecule is CNC(=O)CN1C(=O)NC2(CCCNC2)C1=O. The molecule has 7 heteroatoms. The average molecular weight is 240 g/mol. The van der Waals surface area contributed by atoms with Gasteiger partial charge in [-0.25, -0.2) is 4.79 Å². The Bertz CT molecular complexity index is 363. The molecule has 0 aromatic heterocycles. The van der Waals surface area contributed by atoms with Crippen LogP contribution < -0.4 is 16.0 Å². The van der Waals surface area contributed by atoms with E-state index in [1.54, 1.807) is 0 Å². The number of carbonyl (C=O) groups excluding carboxylic acids is 3. The third kappa shape index (κ3) is 1.97. The maximum Gasteiger partial charge on any atom is 0.325 e. The van der Waals surface area contributed by atoms with E-state index in [1.807, 2.05) is 0 Å². The Labute approximate surface area is 98.9 Å². The molecule has 2 heterocycles. The first-order valence-corrected chi connectivity index (χ1v) is 5.64. The highest BCUT2D eigenvalue weighted by Gasteiger charge is 2.51. The minimum Gasteiger partial charge on any atom is -0.358 e. The summed E-state index contributed by atoms with van der Waals surface area (Å²) >= 11 is 0. The highest BCUT2D eigenvalue weighted by Crippen LogP contribution is 2.24. The number of nitrogens with one attached hydrogen (secondary N) is 3. The van der Waals surface area contributed by atoms with E-state index in [-0.39, 0.29) is 18.4 Å². The largest absolute Gasteiger partial charge is 0.358 e. The molecule has 1 spiro atoms. The van der Waals surface area contributed by atoms with E-state index >= 15 is 0 Å². The van der Waals surface area contributed by atoms with E-state index in [0.717, 1.165) is 17.9 Å². The van der Waals surface area contributed by atoms with Gasteiger partial charge in [-0.2, -0.15) is 0 Å². The van der Waals surface area contributed by atoms with E-state index in [9.17, 15) is 14.4 Å². The number of urea groups is 1. The summed E-state index contributed by atoms with van der Waals surface area (Å²) in [6.45, 7) is 1.06. The van der Waals surface area contributed by atoms with Crippen molar-refractivity contribution in [2.75, 3.05) is 26.7 Å². The molecule has 2 saturated heterocycles. The fraction of sp³-hybridized carbons (Fsp3) is 0.700. The molecule has 1 unspecified atom stereocenters. The number of hydrogen-bond acceptors (Lipinski definition) is 4. The number of piperidine rings is 1. The molecule has 94 valence electrons. The third-order valence-corrected chi connectivity index (χ3v) is 3.21. The molecule has 2 rings (SSSR count). The number of amides is 4. The Kier molecular flexibility index (Phi) is 3.01. The molecule has 2 aliphatic heterocycles. The molecule has 1 atom stereocenters. The predicted molar refractivity (Wildman–Crippen MR) is 59.1 cm³/mol. The molecule has 0 aliphatic carbocycles. The molecule has 0 bridgehead atoms. The van der Waals surface area contributed by atoms with Crippen LogP contribution in [0.2, 0.25) is 0 Å². The van der Waals surface area contributed by atoms with Gasteiger partial charge in [-0.15, -0.1) is 0 Å². The fourth-order valence-electron chi connectivity index (χ4n) is 2.24. The predicted octanol–water partition coefficient (Wildman–Crippen LogP) is -1.59. The van der Waals surface area contributed by atoms with Gasteiger partial charge in [-0.05, 0) is 19.4 Å². The monoisotopic (exact) mass is 240 g/mol. The van der Waals surface area contributed by atoms with Gasteiger partial charge < -0.3 is 16.0 Å². The van der Waals surface area contributed by atoms with Crippen molar-refractivity contribution in [1.82, 2.24) is 20.9 Å². The highest BCUT2D eigenvalue weighted by atomic mass is 16.2. The van der Waals surface area contributed by atoms with Gasteiger partial charge >= 0.3 is 6.03 Å².